The monoisotopic (exact) mass is 298 g/mol. The van der Waals surface area contributed by atoms with E-state index < -0.39 is 5.60 Å². The van der Waals surface area contributed by atoms with Gasteiger partial charge in [-0.05, 0) is 34.6 Å². The molecule has 0 N–H and O–H groups in total. The molecule has 1 fully saturated rings. The van der Waals surface area contributed by atoms with E-state index in [1.54, 1.807) is 11.8 Å². The Morgan fingerprint density at radius 2 is 2.00 bits per heavy atom. The Morgan fingerprint density at radius 1 is 1.38 bits per heavy atom. The number of ether oxygens (including phenoxy) is 2. The standard InChI is InChI=1S/C15H26N2O4/c1-7-20-13(18)10-17-11(2)8-16(9-12(17)3)14(19)21-15(4,5)6/h12H,2,7-10H2,1,3-6H3/t12-/m0/s1. The number of amides is 1. The molecule has 0 spiro atoms. The van der Waals surface area contributed by atoms with Crippen LogP contribution in [0.25, 0.3) is 0 Å². The zero-order valence-corrected chi connectivity index (χ0v) is 13.6. The first-order valence-electron chi connectivity index (χ1n) is 7.22. The summed E-state index contributed by atoms with van der Waals surface area (Å²) in [4.78, 5) is 27.2. The summed E-state index contributed by atoms with van der Waals surface area (Å²) in [5.41, 5.74) is 0.191. The second-order valence-corrected chi connectivity index (χ2v) is 6.21. The van der Waals surface area contributed by atoms with Crippen molar-refractivity contribution in [1.82, 2.24) is 9.80 Å². The molecule has 0 unspecified atom stereocenters. The van der Waals surface area contributed by atoms with Gasteiger partial charge in [0.05, 0.1) is 13.2 Å². The third-order valence-corrected chi connectivity index (χ3v) is 3.05. The summed E-state index contributed by atoms with van der Waals surface area (Å²) in [5, 5.41) is 0. The van der Waals surface area contributed by atoms with E-state index in [0.29, 0.717) is 25.4 Å². The molecule has 0 aromatic rings. The summed E-state index contributed by atoms with van der Waals surface area (Å²) < 4.78 is 10.3. The smallest absolute Gasteiger partial charge is 0.410 e. The maximum absolute atomic E-state index is 12.1. The fourth-order valence-corrected chi connectivity index (χ4v) is 2.18. The van der Waals surface area contributed by atoms with Crippen LogP contribution in [0.3, 0.4) is 0 Å². The lowest BCUT2D eigenvalue weighted by atomic mass is 10.1. The molecule has 6 nitrogen and oxygen atoms in total. The summed E-state index contributed by atoms with van der Waals surface area (Å²) in [6.45, 7) is 14.6. The lowest BCUT2D eigenvalue weighted by Gasteiger charge is -2.42. The van der Waals surface area contributed by atoms with E-state index in [2.05, 4.69) is 6.58 Å². The van der Waals surface area contributed by atoms with Crippen molar-refractivity contribution >= 4 is 12.1 Å². The zero-order chi connectivity index (χ0) is 16.2. The fourth-order valence-electron chi connectivity index (χ4n) is 2.18. The minimum atomic E-state index is -0.524. The summed E-state index contributed by atoms with van der Waals surface area (Å²) >= 11 is 0. The van der Waals surface area contributed by atoms with Crippen LogP contribution in [-0.2, 0) is 14.3 Å². The summed E-state index contributed by atoms with van der Waals surface area (Å²) in [6.07, 6.45) is -0.355. The van der Waals surface area contributed by atoms with Gasteiger partial charge in [-0.25, -0.2) is 4.79 Å². The number of carbonyl (C=O) groups excluding carboxylic acids is 2. The van der Waals surface area contributed by atoms with E-state index in [-0.39, 0.29) is 24.6 Å². The van der Waals surface area contributed by atoms with Gasteiger partial charge in [-0.15, -0.1) is 0 Å². The van der Waals surface area contributed by atoms with Gasteiger partial charge < -0.3 is 19.3 Å². The molecule has 0 bridgehead atoms. The Kier molecular flexibility index (Phi) is 5.63. The second-order valence-electron chi connectivity index (χ2n) is 6.21. The van der Waals surface area contributed by atoms with Crippen LogP contribution >= 0.6 is 0 Å². The highest BCUT2D eigenvalue weighted by molar-refractivity contribution is 5.72. The predicted molar refractivity (Wildman–Crippen MR) is 79.7 cm³/mol. The number of rotatable bonds is 3. The molecule has 1 aliphatic heterocycles. The maximum Gasteiger partial charge on any atom is 0.410 e. The SMILES string of the molecule is C=C1CN(C(=O)OC(C)(C)C)C[C@H](C)N1CC(=O)OCC. The van der Waals surface area contributed by atoms with Gasteiger partial charge in [0.15, 0.2) is 0 Å². The molecular formula is C15H26N2O4. The highest BCUT2D eigenvalue weighted by Crippen LogP contribution is 2.20. The van der Waals surface area contributed by atoms with Crippen molar-refractivity contribution in [3.05, 3.63) is 12.3 Å². The lowest BCUT2D eigenvalue weighted by Crippen LogP contribution is -2.54. The van der Waals surface area contributed by atoms with E-state index in [9.17, 15) is 9.59 Å². The van der Waals surface area contributed by atoms with E-state index in [4.69, 9.17) is 9.47 Å². The molecule has 1 atom stereocenters. The second kappa shape index (κ2) is 6.83. The quantitative estimate of drug-likeness (QED) is 0.746. The highest BCUT2D eigenvalue weighted by Gasteiger charge is 2.32. The summed E-state index contributed by atoms with van der Waals surface area (Å²) in [5.74, 6) is -0.281. The van der Waals surface area contributed by atoms with E-state index in [1.165, 1.54) is 0 Å². The molecule has 0 aromatic carbocycles. The Morgan fingerprint density at radius 3 is 2.48 bits per heavy atom. The Balaban J connectivity index is 2.63. The van der Waals surface area contributed by atoms with Crippen LogP contribution in [0.2, 0.25) is 0 Å². The van der Waals surface area contributed by atoms with Gasteiger partial charge >= 0.3 is 12.1 Å². The molecule has 21 heavy (non-hydrogen) atoms. The van der Waals surface area contributed by atoms with E-state index in [1.807, 2.05) is 32.6 Å². The molecule has 120 valence electrons. The Hall–Kier alpha value is -1.72. The lowest BCUT2D eigenvalue weighted by molar-refractivity contribution is -0.144. The van der Waals surface area contributed by atoms with Gasteiger partial charge in [0, 0.05) is 18.3 Å². The minimum Gasteiger partial charge on any atom is -0.465 e. The van der Waals surface area contributed by atoms with Crippen molar-refractivity contribution in [1.29, 1.82) is 0 Å². The minimum absolute atomic E-state index is 0.0109. The summed E-state index contributed by atoms with van der Waals surface area (Å²) in [7, 11) is 0. The van der Waals surface area contributed by atoms with Crippen molar-refractivity contribution in [2.75, 3.05) is 26.2 Å². The van der Waals surface area contributed by atoms with Crippen LogP contribution in [0.15, 0.2) is 12.3 Å². The van der Waals surface area contributed by atoms with Crippen LogP contribution in [0.1, 0.15) is 34.6 Å². The first kappa shape index (κ1) is 17.3. The number of esters is 1. The largest absolute Gasteiger partial charge is 0.465 e. The van der Waals surface area contributed by atoms with E-state index in [0.717, 1.165) is 0 Å². The molecule has 1 amide bonds. The maximum atomic E-state index is 12.1. The van der Waals surface area contributed by atoms with E-state index >= 15 is 0 Å². The molecule has 6 heteroatoms. The molecule has 1 saturated heterocycles. The third-order valence-electron chi connectivity index (χ3n) is 3.05. The molecule has 1 aliphatic rings. The zero-order valence-electron chi connectivity index (χ0n) is 13.6. The fraction of sp³-hybridized carbons (Fsp3) is 0.733. The average molecular weight is 298 g/mol. The van der Waals surface area contributed by atoms with Crippen molar-refractivity contribution in [3.63, 3.8) is 0 Å². The molecule has 0 saturated carbocycles. The van der Waals surface area contributed by atoms with Crippen molar-refractivity contribution < 1.29 is 19.1 Å². The molecule has 0 radical (unpaired) electrons. The number of piperazine rings is 1. The van der Waals surface area contributed by atoms with Gasteiger partial charge in [0.2, 0.25) is 0 Å². The molecular weight excluding hydrogens is 272 g/mol. The van der Waals surface area contributed by atoms with Crippen molar-refractivity contribution in [3.8, 4) is 0 Å². The number of hydrogen-bond acceptors (Lipinski definition) is 5. The highest BCUT2D eigenvalue weighted by atomic mass is 16.6. The first-order chi connectivity index (χ1) is 9.64. The van der Waals surface area contributed by atoms with Crippen LogP contribution in [0.5, 0.6) is 0 Å². The number of hydrogen-bond donors (Lipinski definition) is 0. The Bertz CT molecular complexity index is 414. The van der Waals surface area contributed by atoms with Gasteiger partial charge in [-0.3, -0.25) is 4.79 Å². The molecule has 0 aliphatic carbocycles. The van der Waals surface area contributed by atoms with Gasteiger partial charge in [-0.2, -0.15) is 0 Å². The Labute approximate surface area is 126 Å². The van der Waals surface area contributed by atoms with Crippen LogP contribution in [0, 0.1) is 0 Å². The summed E-state index contributed by atoms with van der Waals surface area (Å²) in [6, 6.07) is -0.0109. The van der Waals surface area contributed by atoms with Crippen LogP contribution in [0.4, 0.5) is 4.79 Å². The van der Waals surface area contributed by atoms with Crippen LogP contribution in [-0.4, -0.2) is 59.7 Å². The van der Waals surface area contributed by atoms with Crippen molar-refractivity contribution in [2.24, 2.45) is 0 Å². The molecule has 0 aromatic heterocycles. The van der Waals surface area contributed by atoms with Gasteiger partial charge in [-0.1, -0.05) is 6.58 Å². The normalized spacial score (nSPS) is 19.5. The average Bonchev–Trinajstić information content (AvgIpc) is 2.31. The number of nitrogens with zero attached hydrogens (tertiary/aromatic N) is 2. The molecule has 1 heterocycles. The third kappa shape index (κ3) is 5.28. The predicted octanol–water partition coefficient (Wildman–Crippen LogP) is 2.00. The number of carbonyl (C=O) groups is 2. The molecule has 1 rings (SSSR count). The van der Waals surface area contributed by atoms with Gasteiger partial charge in [0.1, 0.15) is 12.1 Å². The topological polar surface area (TPSA) is 59.1 Å². The van der Waals surface area contributed by atoms with Gasteiger partial charge in [0.25, 0.3) is 0 Å². The van der Waals surface area contributed by atoms with Crippen molar-refractivity contribution in [2.45, 2.75) is 46.3 Å². The van der Waals surface area contributed by atoms with Crippen LogP contribution < -0.4 is 0 Å². The first-order valence-corrected chi connectivity index (χ1v) is 7.22.